The zero-order valence-corrected chi connectivity index (χ0v) is 8.72. The Morgan fingerprint density at radius 2 is 2.07 bits per heavy atom. The predicted molar refractivity (Wildman–Crippen MR) is 58.5 cm³/mol. The molecule has 0 radical (unpaired) electrons. The predicted octanol–water partition coefficient (Wildman–Crippen LogP) is 2.66. The highest BCUT2D eigenvalue weighted by Gasteiger charge is 2.24. The van der Waals surface area contributed by atoms with Crippen LogP contribution in [0.3, 0.4) is 0 Å². The second-order valence-corrected chi connectivity index (χ2v) is 3.85. The van der Waals surface area contributed by atoms with E-state index in [1.165, 1.54) is 17.9 Å². The first-order valence-electron chi connectivity index (χ1n) is 5.17. The number of ketones is 1. The van der Waals surface area contributed by atoms with E-state index in [2.05, 4.69) is 19.1 Å². The van der Waals surface area contributed by atoms with Crippen molar-refractivity contribution in [2.75, 3.05) is 0 Å². The molecule has 0 spiro atoms. The van der Waals surface area contributed by atoms with Crippen LogP contribution in [0.15, 0.2) is 42.7 Å². The Labute approximate surface area is 89.6 Å². The summed E-state index contributed by atoms with van der Waals surface area (Å²) in [5, 5.41) is 0. The fourth-order valence-electron chi connectivity index (χ4n) is 1.80. The van der Waals surface area contributed by atoms with E-state index < -0.39 is 0 Å². The third kappa shape index (κ3) is 2.27. The lowest BCUT2D eigenvalue weighted by Crippen LogP contribution is -2.24. The fraction of sp³-hybridized carbons (Fsp3) is 0.308. The highest BCUT2D eigenvalue weighted by atomic mass is 16.5. The molecule has 0 amide bonds. The van der Waals surface area contributed by atoms with Crippen molar-refractivity contribution in [3.63, 3.8) is 0 Å². The van der Waals surface area contributed by atoms with E-state index in [0.29, 0.717) is 6.42 Å². The van der Waals surface area contributed by atoms with Crippen molar-refractivity contribution < 1.29 is 9.53 Å². The molecule has 1 aromatic carbocycles. The summed E-state index contributed by atoms with van der Waals surface area (Å²) in [6, 6.07) is 10.1. The molecule has 1 aromatic rings. The highest BCUT2D eigenvalue weighted by molar-refractivity contribution is 5.90. The van der Waals surface area contributed by atoms with E-state index in [-0.39, 0.29) is 17.8 Å². The molecule has 15 heavy (non-hydrogen) atoms. The van der Waals surface area contributed by atoms with Crippen LogP contribution >= 0.6 is 0 Å². The van der Waals surface area contributed by atoms with Gasteiger partial charge in [0.1, 0.15) is 6.10 Å². The summed E-state index contributed by atoms with van der Waals surface area (Å²) in [6.45, 7) is 2.09. The Kier molecular flexibility index (Phi) is 2.86. The highest BCUT2D eigenvalue weighted by Crippen LogP contribution is 2.25. The zero-order chi connectivity index (χ0) is 10.7. The van der Waals surface area contributed by atoms with E-state index >= 15 is 0 Å². The van der Waals surface area contributed by atoms with Crippen LogP contribution in [0, 0.1) is 0 Å². The number of rotatable bonds is 2. The van der Waals surface area contributed by atoms with Crippen molar-refractivity contribution in [1.29, 1.82) is 0 Å². The second kappa shape index (κ2) is 4.30. The van der Waals surface area contributed by atoms with Crippen molar-refractivity contribution in [2.45, 2.75) is 25.4 Å². The van der Waals surface area contributed by atoms with Crippen LogP contribution in [0.25, 0.3) is 0 Å². The van der Waals surface area contributed by atoms with Crippen LogP contribution in [-0.4, -0.2) is 11.9 Å². The van der Waals surface area contributed by atoms with Gasteiger partial charge in [0, 0.05) is 18.4 Å². The van der Waals surface area contributed by atoms with Crippen LogP contribution < -0.4 is 0 Å². The average molecular weight is 202 g/mol. The molecule has 78 valence electrons. The van der Waals surface area contributed by atoms with Crippen LogP contribution in [0.5, 0.6) is 0 Å². The lowest BCUT2D eigenvalue weighted by molar-refractivity contribution is -0.118. The maximum absolute atomic E-state index is 11.2. The quantitative estimate of drug-likeness (QED) is 0.737. The van der Waals surface area contributed by atoms with Gasteiger partial charge in [-0.25, -0.2) is 0 Å². The van der Waals surface area contributed by atoms with Crippen molar-refractivity contribution >= 4 is 5.78 Å². The number of hydrogen-bond acceptors (Lipinski definition) is 2. The minimum absolute atomic E-state index is 0.0232. The lowest BCUT2D eigenvalue weighted by atomic mass is 9.91. The summed E-state index contributed by atoms with van der Waals surface area (Å²) in [7, 11) is 0. The Morgan fingerprint density at radius 1 is 1.33 bits per heavy atom. The fourth-order valence-corrected chi connectivity index (χ4v) is 1.80. The molecule has 0 fully saturated rings. The van der Waals surface area contributed by atoms with Gasteiger partial charge in [0.05, 0.1) is 6.26 Å². The molecule has 0 saturated carbocycles. The number of carbonyl (C=O) groups is 1. The number of hydrogen-bond donors (Lipinski definition) is 0. The second-order valence-electron chi connectivity index (χ2n) is 3.85. The van der Waals surface area contributed by atoms with Gasteiger partial charge in [-0.2, -0.15) is 0 Å². The van der Waals surface area contributed by atoms with Gasteiger partial charge in [-0.1, -0.05) is 37.3 Å². The smallest absolute Gasteiger partial charge is 0.162 e. The van der Waals surface area contributed by atoms with E-state index in [9.17, 15) is 4.79 Å². The minimum atomic E-state index is -0.0232. The minimum Gasteiger partial charge on any atom is -0.497 e. The molecule has 2 atom stereocenters. The average Bonchev–Trinajstić information content (AvgIpc) is 2.29. The molecule has 0 N–H and O–H groups in total. The Hall–Kier alpha value is -1.57. The maximum Gasteiger partial charge on any atom is 0.162 e. The molecule has 1 heterocycles. The monoisotopic (exact) mass is 202 g/mol. The van der Waals surface area contributed by atoms with Crippen LogP contribution in [0.1, 0.15) is 24.8 Å². The molecule has 2 heteroatoms. The van der Waals surface area contributed by atoms with E-state index in [0.717, 1.165) is 0 Å². The molecular formula is C13H14O2. The first kappa shape index (κ1) is 9.97. The van der Waals surface area contributed by atoms with Crippen LogP contribution in [0.4, 0.5) is 0 Å². The number of carbonyl (C=O) groups excluding carboxylic acids is 1. The van der Waals surface area contributed by atoms with Gasteiger partial charge in [-0.15, -0.1) is 0 Å². The molecule has 2 nitrogen and oxygen atoms in total. The summed E-state index contributed by atoms with van der Waals surface area (Å²) in [4.78, 5) is 11.2. The maximum atomic E-state index is 11.2. The van der Waals surface area contributed by atoms with Crippen molar-refractivity contribution in [2.24, 2.45) is 0 Å². The van der Waals surface area contributed by atoms with Crippen molar-refractivity contribution in [1.82, 2.24) is 0 Å². The normalized spacial score (nSPS) is 22.2. The van der Waals surface area contributed by atoms with Crippen LogP contribution in [-0.2, 0) is 9.53 Å². The van der Waals surface area contributed by atoms with Gasteiger partial charge in [-0.3, -0.25) is 4.79 Å². The van der Waals surface area contributed by atoms with Crippen molar-refractivity contribution in [3.8, 4) is 0 Å². The van der Waals surface area contributed by atoms with Gasteiger partial charge < -0.3 is 4.74 Å². The topological polar surface area (TPSA) is 26.3 Å². The van der Waals surface area contributed by atoms with Gasteiger partial charge in [0.15, 0.2) is 5.78 Å². The molecule has 1 aliphatic rings. The van der Waals surface area contributed by atoms with E-state index in [4.69, 9.17) is 4.74 Å². The van der Waals surface area contributed by atoms with Gasteiger partial charge in [0.2, 0.25) is 0 Å². The molecule has 0 saturated heterocycles. The molecule has 0 aromatic heterocycles. The number of ether oxygens (including phenoxy) is 1. The van der Waals surface area contributed by atoms with Crippen LogP contribution in [0.2, 0.25) is 0 Å². The summed E-state index contributed by atoms with van der Waals surface area (Å²) in [5.74, 6) is 0.397. The molecule has 1 aliphatic heterocycles. The first-order chi connectivity index (χ1) is 7.27. The van der Waals surface area contributed by atoms with E-state index in [1.807, 2.05) is 18.2 Å². The summed E-state index contributed by atoms with van der Waals surface area (Å²) in [5.41, 5.74) is 1.21. The number of benzene rings is 1. The third-order valence-electron chi connectivity index (χ3n) is 2.79. The largest absolute Gasteiger partial charge is 0.497 e. The van der Waals surface area contributed by atoms with Gasteiger partial charge >= 0.3 is 0 Å². The Balaban J connectivity index is 2.12. The van der Waals surface area contributed by atoms with Gasteiger partial charge in [-0.05, 0) is 5.56 Å². The SMILES string of the molecule is CC(c1ccccc1)C1CC(=O)C=CO1. The van der Waals surface area contributed by atoms with Crippen molar-refractivity contribution in [3.05, 3.63) is 48.2 Å². The Morgan fingerprint density at radius 3 is 2.73 bits per heavy atom. The first-order valence-corrected chi connectivity index (χ1v) is 5.17. The molecule has 2 unspecified atom stereocenters. The molecule has 0 bridgehead atoms. The molecule has 2 rings (SSSR count). The van der Waals surface area contributed by atoms with Gasteiger partial charge in [0.25, 0.3) is 0 Å². The van der Waals surface area contributed by atoms with E-state index in [1.54, 1.807) is 0 Å². The zero-order valence-electron chi connectivity index (χ0n) is 8.72. The Bertz CT molecular complexity index is 367. The summed E-state index contributed by atoms with van der Waals surface area (Å²) < 4.78 is 5.46. The molecular weight excluding hydrogens is 188 g/mol. The molecule has 0 aliphatic carbocycles. The summed E-state index contributed by atoms with van der Waals surface area (Å²) in [6.07, 6.45) is 3.46. The lowest BCUT2D eigenvalue weighted by Gasteiger charge is -2.25. The number of allylic oxidation sites excluding steroid dienone is 1. The standard InChI is InChI=1S/C13H14O2/c1-10(11-5-3-2-4-6-11)13-9-12(14)7-8-15-13/h2-8,10,13H,9H2,1H3. The summed E-state index contributed by atoms with van der Waals surface area (Å²) >= 11 is 0. The third-order valence-corrected chi connectivity index (χ3v) is 2.79.